The van der Waals surface area contributed by atoms with Gasteiger partial charge in [-0.3, -0.25) is 4.79 Å². The second-order valence-corrected chi connectivity index (χ2v) is 6.75. The Labute approximate surface area is 155 Å². The van der Waals surface area contributed by atoms with Gasteiger partial charge in [0.1, 0.15) is 11.5 Å². The molecule has 6 heteroatoms. The van der Waals surface area contributed by atoms with Gasteiger partial charge < -0.3 is 4.90 Å². The summed E-state index contributed by atoms with van der Waals surface area (Å²) in [6.07, 6.45) is 2.03. The first-order chi connectivity index (χ1) is 12.6. The van der Waals surface area contributed by atoms with Crippen LogP contribution in [0.25, 0.3) is 16.9 Å². The number of hydrogen-bond acceptors (Lipinski definition) is 2. The van der Waals surface area contributed by atoms with E-state index in [2.05, 4.69) is 5.10 Å². The lowest BCUT2D eigenvalue weighted by atomic mass is 10.1. The highest BCUT2D eigenvalue weighted by atomic mass is 35.5. The van der Waals surface area contributed by atoms with Crippen molar-refractivity contribution in [2.45, 2.75) is 12.8 Å². The third kappa shape index (κ3) is 3.22. The number of nitrogens with zero attached hydrogens (tertiary/aromatic N) is 3. The maximum atomic E-state index is 13.2. The Morgan fingerprint density at radius 3 is 2.46 bits per heavy atom. The second-order valence-electron chi connectivity index (χ2n) is 6.31. The van der Waals surface area contributed by atoms with Crippen molar-refractivity contribution in [1.29, 1.82) is 0 Å². The molecule has 0 aliphatic carbocycles. The molecule has 1 aromatic heterocycles. The topological polar surface area (TPSA) is 38.1 Å². The number of hydrogen-bond donors (Lipinski definition) is 0. The van der Waals surface area contributed by atoms with Crippen molar-refractivity contribution in [2.75, 3.05) is 13.1 Å². The van der Waals surface area contributed by atoms with Gasteiger partial charge in [0.25, 0.3) is 5.91 Å². The predicted molar refractivity (Wildman–Crippen MR) is 99.1 cm³/mol. The maximum Gasteiger partial charge on any atom is 0.272 e. The van der Waals surface area contributed by atoms with Crippen LogP contribution in [0.3, 0.4) is 0 Å². The minimum Gasteiger partial charge on any atom is -0.337 e. The van der Waals surface area contributed by atoms with Crippen LogP contribution in [0.4, 0.5) is 4.39 Å². The van der Waals surface area contributed by atoms with Crippen LogP contribution >= 0.6 is 11.6 Å². The van der Waals surface area contributed by atoms with Crippen molar-refractivity contribution in [3.05, 3.63) is 71.1 Å². The summed E-state index contributed by atoms with van der Waals surface area (Å²) >= 11 is 6.12. The summed E-state index contributed by atoms with van der Waals surface area (Å²) in [7, 11) is 0. The molecule has 0 atom stereocenters. The van der Waals surface area contributed by atoms with Gasteiger partial charge in [-0.05, 0) is 61.4 Å². The number of likely N-dealkylation sites (tertiary alicyclic amines) is 1. The van der Waals surface area contributed by atoms with Crippen molar-refractivity contribution < 1.29 is 9.18 Å². The minimum atomic E-state index is -0.309. The Hall–Kier alpha value is -2.66. The quantitative estimate of drug-likeness (QED) is 0.678. The third-order valence-electron chi connectivity index (χ3n) is 4.51. The van der Waals surface area contributed by atoms with Crippen LogP contribution in [0, 0.1) is 5.82 Å². The maximum absolute atomic E-state index is 13.2. The lowest BCUT2D eigenvalue weighted by Gasteiger charge is -2.16. The zero-order chi connectivity index (χ0) is 18.1. The molecule has 1 aliphatic heterocycles. The first kappa shape index (κ1) is 16.8. The Morgan fingerprint density at radius 1 is 1.04 bits per heavy atom. The lowest BCUT2D eigenvalue weighted by Crippen LogP contribution is -2.29. The standard InChI is InChI=1S/C20H17ClFN3O/c21-15-4-3-5-17(12-15)25-19(20(26)24-10-1-2-11-24)13-18(23-25)14-6-8-16(22)9-7-14/h3-9,12-13H,1-2,10-11H2. The zero-order valence-corrected chi connectivity index (χ0v) is 14.8. The van der Waals surface area contributed by atoms with Gasteiger partial charge >= 0.3 is 0 Å². The third-order valence-corrected chi connectivity index (χ3v) is 4.75. The SMILES string of the molecule is O=C(c1cc(-c2ccc(F)cc2)nn1-c1cccc(Cl)c1)N1CCCC1. The molecule has 1 amide bonds. The van der Waals surface area contributed by atoms with E-state index in [1.165, 1.54) is 12.1 Å². The van der Waals surface area contributed by atoms with Gasteiger partial charge in [0.15, 0.2) is 0 Å². The van der Waals surface area contributed by atoms with E-state index in [-0.39, 0.29) is 11.7 Å². The Kier molecular flexibility index (Phi) is 4.47. The van der Waals surface area contributed by atoms with Gasteiger partial charge in [0, 0.05) is 23.7 Å². The molecule has 3 aromatic rings. The molecule has 1 aliphatic rings. The van der Waals surface area contributed by atoms with Gasteiger partial charge in [0.2, 0.25) is 0 Å². The van der Waals surface area contributed by atoms with E-state index >= 15 is 0 Å². The van der Waals surface area contributed by atoms with E-state index in [0.29, 0.717) is 22.1 Å². The molecule has 0 spiro atoms. The number of rotatable bonds is 3. The molecule has 2 aromatic carbocycles. The van der Waals surface area contributed by atoms with Crippen LogP contribution in [-0.2, 0) is 0 Å². The Bertz CT molecular complexity index is 946. The second kappa shape index (κ2) is 6.92. The summed E-state index contributed by atoms with van der Waals surface area (Å²) in [5.41, 5.74) is 2.57. The highest BCUT2D eigenvalue weighted by Gasteiger charge is 2.25. The molecule has 2 heterocycles. The fourth-order valence-corrected chi connectivity index (χ4v) is 3.37. The van der Waals surface area contributed by atoms with Crippen molar-refractivity contribution >= 4 is 17.5 Å². The van der Waals surface area contributed by atoms with Crippen molar-refractivity contribution in [1.82, 2.24) is 14.7 Å². The average molecular weight is 370 g/mol. The van der Waals surface area contributed by atoms with Gasteiger partial charge in [-0.1, -0.05) is 17.7 Å². The van der Waals surface area contributed by atoms with E-state index in [1.807, 2.05) is 17.0 Å². The van der Waals surface area contributed by atoms with E-state index in [9.17, 15) is 9.18 Å². The van der Waals surface area contributed by atoms with Crippen molar-refractivity contribution in [3.8, 4) is 16.9 Å². The number of amides is 1. The molecule has 1 fully saturated rings. The fourth-order valence-electron chi connectivity index (χ4n) is 3.18. The molecular formula is C20H17ClFN3O. The Morgan fingerprint density at radius 2 is 1.77 bits per heavy atom. The van der Waals surface area contributed by atoms with Crippen LogP contribution < -0.4 is 0 Å². The molecule has 0 saturated carbocycles. The van der Waals surface area contributed by atoms with Gasteiger partial charge in [0.05, 0.1) is 11.4 Å². The summed E-state index contributed by atoms with van der Waals surface area (Å²) < 4.78 is 14.8. The Balaban J connectivity index is 1.82. The van der Waals surface area contributed by atoms with Gasteiger partial charge in [-0.2, -0.15) is 5.10 Å². The number of carbonyl (C=O) groups excluding carboxylic acids is 1. The van der Waals surface area contributed by atoms with Crippen LogP contribution in [0.2, 0.25) is 5.02 Å². The first-order valence-corrected chi connectivity index (χ1v) is 8.91. The molecular weight excluding hydrogens is 353 g/mol. The molecule has 0 radical (unpaired) electrons. The summed E-state index contributed by atoms with van der Waals surface area (Å²) in [5.74, 6) is -0.361. The molecule has 4 rings (SSSR count). The van der Waals surface area contributed by atoms with E-state index in [1.54, 1.807) is 35.0 Å². The van der Waals surface area contributed by atoms with E-state index in [4.69, 9.17) is 11.6 Å². The monoisotopic (exact) mass is 369 g/mol. The first-order valence-electron chi connectivity index (χ1n) is 8.53. The summed E-state index contributed by atoms with van der Waals surface area (Å²) in [5, 5.41) is 5.17. The highest BCUT2D eigenvalue weighted by Crippen LogP contribution is 2.25. The molecule has 4 nitrogen and oxygen atoms in total. The minimum absolute atomic E-state index is 0.0525. The van der Waals surface area contributed by atoms with Crippen LogP contribution in [0.5, 0.6) is 0 Å². The average Bonchev–Trinajstić information content (AvgIpc) is 3.32. The molecule has 132 valence electrons. The van der Waals surface area contributed by atoms with Crippen molar-refractivity contribution in [2.24, 2.45) is 0 Å². The number of benzene rings is 2. The molecule has 26 heavy (non-hydrogen) atoms. The highest BCUT2D eigenvalue weighted by molar-refractivity contribution is 6.30. The lowest BCUT2D eigenvalue weighted by molar-refractivity contribution is 0.0784. The summed E-state index contributed by atoms with van der Waals surface area (Å²) in [6, 6.07) is 15.1. The smallest absolute Gasteiger partial charge is 0.272 e. The molecule has 0 N–H and O–H groups in total. The van der Waals surface area contributed by atoms with Crippen LogP contribution in [0.15, 0.2) is 54.6 Å². The number of aromatic nitrogens is 2. The molecule has 0 bridgehead atoms. The predicted octanol–water partition coefficient (Wildman–Crippen LogP) is 4.57. The van der Waals surface area contributed by atoms with Crippen molar-refractivity contribution in [3.63, 3.8) is 0 Å². The zero-order valence-electron chi connectivity index (χ0n) is 14.0. The molecule has 0 unspecified atom stereocenters. The largest absolute Gasteiger partial charge is 0.337 e. The summed E-state index contributed by atoms with van der Waals surface area (Å²) in [6.45, 7) is 1.51. The van der Waals surface area contributed by atoms with Gasteiger partial charge in [-0.25, -0.2) is 9.07 Å². The van der Waals surface area contributed by atoms with Gasteiger partial charge in [-0.15, -0.1) is 0 Å². The number of carbonyl (C=O) groups is 1. The number of halogens is 2. The normalized spacial score (nSPS) is 14.0. The van der Waals surface area contributed by atoms with Crippen LogP contribution in [0.1, 0.15) is 23.3 Å². The fraction of sp³-hybridized carbons (Fsp3) is 0.200. The van der Waals surface area contributed by atoms with E-state index < -0.39 is 0 Å². The molecule has 1 saturated heterocycles. The van der Waals surface area contributed by atoms with Crippen LogP contribution in [-0.4, -0.2) is 33.7 Å². The summed E-state index contributed by atoms with van der Waals surface area (Å²) in [4.78, 5) is 14.8. The van der Waals surface area contributed by atoms with E-state index in [0.717, 1.165) is 31.5 Å².